The fourth-order valence-corrected chi connectivity index (χ4v) is 2.01. The van der Waals surface area contributed by atoms with Crippen molar-refractivity contribution in [2.75, 3.05) is 6.61 Å². The zero-order chi connectivity index (χ0) is 12.3. The van der Waals surface area contributed by atoms with Crippen LogP contribution in [0.5, 0.6) is 0 Å². The monoisotopic (exact) mass is 270 g/mol. The molecule has 0 aliphatic carbocycles. The van der Waals surface area contributed by atoms with E-state index < -0.39 is 6.04 Å². The van der Waals surface area contributed by atoms with E-state index in [1.807, 2.05) is 37.3 Å². The molecule has 18 heavy (non-hydrogen) atoms. The molecule has 1 heterocycles. The third-order valence-electron chi connectivity index (χ3n) is 3.15. The van der Waals surface area contributed by atoms with Gasteiger partial charge in [-0.05, 0) is 18.9 Å². The Balaban J connectivity index is 0.00000162. The highest BCUT2D eigenvalue weighted by Crippen LogP contribution is 2.15. The van der Waals surface area contributed by atoms with Crippen molar-refractivity contribution < 1.29 is 9.53 Å². The van der Waals surface area contributed by atoms with Gasteiger partial charge in [0.1, 0.15) is 6.04 Å². The molecular weight excluding hydrogens is 252 g/mol. The second-order valence-corrected chi connectivity index (χ2v) is 4.37. The summed E-state index contributed by atoms with van der Waals surface area (Å²) < 4.78 is 5.40. The van der Waals surface area contributed by atoms with Crippen LogP contribution in [0.1, 0.15) is 24.9 Å². The van der Waals surface area contributed by atoms with E-state index in [-0.39, 0.29) is 30.5 Å². The molecule has 5 heteroatoms. The van der Waals surface area contributed by atoms with E-state index in [1.165, 1.54) is 0 Å². The van der Waals surface area contributed by atoms with Crippen molar-refractivity contribution in [2.24, 2.45) is 5.73 Å². The highest BCUT2D eigenvalue weighted by molar-refractivity contribution is 5.85. The Hall–Kier alpha value is -1.10. The van der Waals surface area contributed by atoms with Crippen LogP contribution < -0.4 is 11.1 Å². The highest BCUT2D eigenvalue weighted by atomic mass is 35.5. The fraction of sp³-hybridized carbons (Fsp3) is 0.462. The lowest BCUT2D eigenvalue weighted by molar-refractivity contribution is -0.123. The number of amides is 1. The summed E-state index contributed by atoms with van der Waals surface area (Å²) in [6.45, 7) is 2.67. The third-order valence-corrected chi connectivity index (χ3v) is 3.15. The van der Waals surface area contributed by atoms with Gasteiger partial charge in [-0.1, -0.05) is 30.3 Å². The van der Waals surface area contributed by atoms with Gasteiger partial charge < -0.3 is 15.8 Å². The minimum absolute atomic E-state index is 0. The second-order valence-electron chi connectivity index (χ2n) is 4.37. The molecule has 3 atom stereocenters. The van der Waals surface area contributed by atoms with Crippen molar-refractivity contribution in [2.45, 2.75) is 31.5 Å². The normalized spacial score (nSPS) is 24.1. The van der Waals surface area contributed by atoms with Crippen LogP contribution in [0.2, 0.25) is 0 Å². The molecule has 2 rings (SSSR count). The van der Waals surface area contributed by atoms with Gasteiger partial charge in [0.25, 0.3) is 0 Å². The summed E-state index contributed by atoms with van der Waals surface area (Å²) >= 11 is 0. The minimum Gasteiger partial charge on any atom is -0.376 e. The lowest BCUT2D eigenvalue weighted by atomic mass is 10.1. The van der Waals surface area contributed by atoms with Crippen LogP contribution in [-0.2, 0) is 9.53 Å². The smallest absolute Gasteiger partial charge is 0.241 e. The molecule has 1 fully saturated rings. The zero-order valence-electron chi connectivity index (χ0n) is 10.3. The molecule has 1 aromatic carbocycles. The molecule has 0 saturated carbocycles. The number of benzene rings is 1. The summed E-state index contributed by atoms with van der Waals surface area (Å²) in [6, 6.07) is 8.85. The Kier molecular flexibility index (Phi) is 5.59. The number of nitrogens with two attached hydrogens (primary N) is 1. The van der Waals surface area contributed by atoms with Crippen molar-refractivity contribution in [3.05, 3.63) is 35.9 Å². The predicted octanol–water partition coefficient (Wildman–Crippen LogP) is 1.40. The molecule has 0 aromatic heterocycles. The molecule has 4 nitrogen and oxygen atoms in total. The first-order valence-corrected chi connectivity index (χ1v) is 5.91. The van der Waals surface area contributed by atoms with Gasteiger partial charge >= 0.3 is 0 Å². The van der Waals surface area contributed by atoms with E-state index in [1.54, 1.807) is 0 Å². The fourth-order valence-electron chi connectivity index (χ4n) is 2.01. The first-order chi connectivity index (χ1) is 8.18. The molecule has 1 aliphatic rings. The van der Waals surface area contributed by atoms with E-state index in [4.69, 9.17) is 10.5 Å². The SMILES string of the molecule is CC1OCCC1NC(=O)C(N)c1ccccc1.Cl. The number of carbonyl (C=O) groups is 1. The average molecular weight is 271 g/mol. The molecular formula is C13H19ClN2O2. The zero-order valence-corrected chi connectivity index (χ0v) is 11.2. The van der Waals surface area contributed by atoms with Crippen molar-refractivity contribution >= 4 is 18.3 Å². The van der Waals surface area contributed by atoms with Gasteiger partial charge in [0.15, 0.2) is 0 Å². The number of nitrogens with one attached hydrogen (secondary N) is 1. The Morgan fingerprint density at radius 3 is 2.67 bits per heavy atom. The lowest BCUT2D eigenvalue weighted by Gasteiger charge is -2.19. The molecule has 0 bridgehead atoms. The minimum atomic E-state index is -0.607. The Morgan fingerprint density at radius 1 is 1.44 bits per heavy atom. The van der Waals surface area contributed by atoms with Crippen LogP contribution in [0, 0.1) is 0 Å². The Bertz CT molecular complexity index is 386. The first-order valence-electron chi connectivity index (χ1n) is 5.91. The predicted molar refractivity (Wildman–Crippen MR) is 72.6 cm³/mol. The van der Waals surface area contributed by atoms with Gasteiger partial charge in [0, 0.05) is 6.61 Å². The molecule has 0 radical (unpaired) electrons. The number of carbonyl (C=O) groups excluding carboxylic acids is 1. The van der Waals surface area contributed by atoms with Crippen LogP contribution in [0.25, 0.3) is 0 Å². The number of rotatable bonds is 3. The van der Waals surface area contributed by atoms with Crippen molar-refractivity contribution in [3.63, 3.8) is 0 Å². The summed E-state index contributed by atoms with van der Waals surface area (Å²) in [7, 11) is 0. The van der Waals surface area contributed by atoms with Crippen molar-refractivity contribution in [3.8, 4) is 0 Å². The van der Waals surface area contributed by atoms with Gasteiger partial charge in [-0.15, -0.1) is 12.4 Å². The van der Waals surface area contributed by atoms with Gasteiger partial charge in [0.2, 0.25) is 5.91 Å². The van der Waals surface area contributed by atoms with E-state index in [9.17, 15) is 4.79 Å². The highest BCUT2D eigenvalue weighted by Gasteiger charge is 2.27. The Morgan fingerprint density at radius 2 is 2.11 bits per heavy atom. The molecule has 1 aliphatic heterocycles. The average Bonchev–Trinajstić information content (AvgIpc) is 2.75. The van der Waals surface area contributed by atoms with Gasteiger partial charge in [0.05, 0.1) is 12.1 Å². The molecule has 3 unspecified atom stereocenters. The summed E-state index contributed by atoms with van der Waals surface area (Å²) in [6.07, 6.45) is 0.927. The molecule has 1 amide bonds. The largest absolute Gasteiger partial charge is 0.376 e. The topological polar surface area (TPSA) is 64.3 Å². The Labute approximate surface area is 113 Å². The number of halogens is 1. The maximum absolute atomic E-state index is 12.0. The summed E-state index contributed by atoms with van der Waals surface area (Å²) in [4.78, 5) is 12.0. The van der Waals surface area contributed by atoms with E-state index in [2.05, 4.69) is 5.32 Å². The van der Waals surface area contributed by atoms with Crippen LogP contribution in [0.15, 0.2) is 30.3 Å². The van der Waals surface area contributed by atoms with Crippen molar-refractivity contribution in [1.29, 1.82) is 0 Å². The van der Waals surface area contributed by atoms with Gasteiger partial charge in [-0.25, -0.2) is 0 Å². The molecule has 0 spiro atoms. The van der Waals surface area contributed by atoms with Crippen molar-refractivity contribution in [1.82, 2.24) is 5.32 Å². The first kappa shape index (κ1) is 15.0. The summed E-state index contributed by atoms with van der Waals surface area (Å²) in [5.74, 6) is -0.140. The summed E-state index contributed by atoms with van der Waals surface area (Å²) in [5.41, 5.74) is 6.74. The summed E-state index contributed by atoms with van der Waals surface area (Å²) in [5, 5.41) is 2.94. The standard InChI is InChI=1S/C13H18N2O2.ClH/c1-9-11(7-8-17-9)15-13(16)12(14)10-5-3-2-4-6-10;/h2-6,9,11-12H,7-8,14H2,1H3,(H,15,16);1H. The van der Waals surface area contributed by atoms with Gasteiger partial charge in [-0.3, -0.25) is 4.79 Å². The maximum Gasteiger partial charge on any atom is 0.241 e. The van der Waals surface area contributed by atoms with E-state index >= 15 is 0 Å². The number of ether oxygens (including phenoxy) is 1. The maximum atomic E-state index is 12.0. The number of hydrogen-bond acceptors (Lipinski definition) is 3. The molecule has 3 N–H and O–H groups in total. The molecule has 1 aromatic rings. The van der Waals surface area contributed by atoms with Gasteiger partial charge in [-0.2, -0.15) is 0 Å². The molecule has 1 saturated heterocycles. The van der Waals surface area contributed by atoms with Crippen LogP contribution in [0.3, 0.4) is 0 Å². The second kappa shape index (κ2) is 6.73. The van der Waals surface area contributed by atoms with Crippen LogP contribution >= 0.6 is 12.4 Å². The lowest BCUT2D eigenvalue weighted by Crippen LogP contribution is -2.43. The molecule has 100 valence electrons. The number of hydrogen-bond donors (Lipinski definition) is 2. The van der Waals surface area contributed by atoms with Crippen LogP contribution in [-0.4, -0.2) is 24.7 Å². The third kappa shape index (κ3) is 3.45. The van der Waals surface area contributed by atoms with Crippen LogP contribution in [0.4, 0.5) is 0 Å². The quantitative estimate of drug-likeness (QED) is 0.873. The van der Waals surface area contributed by atoms with E-state index in [0.29, 0.717) is 6.61 Å². The van der Waals surface area contributed by atoms with E-state index in [0.717, 1.165) is 12.0 Å².